The van der Waals surface area contributed by atoms with E-state index in [0.717, 1.165) is 25.2 Å². The van der Waals surface area contributed by atoms with E-state index < -0.39 is 5.97 Å². The Morgan fingerprint density at radius 1 is 1.61 bits per heavy atom. The van der Waals surface area contributed by atoms with Crippen LogP contribution >= 0.6 is 0 Å². The van der Waals surface area contributed by atoms with Crippen molar-refractivity contribution in [1.82, 2.24) is 19.9 Å². The van der Waals surface area contributed by atoms with Gasteiger partial charge in [-0.25, -0.2) is 14.3 Å². The second kappa shape index (κ2) is 4.38. The van der Waals surface area contributed by atoms with E-state index in [1.165, 1.54) is 12.5 Å². The first-order valence-corrected chi connectivity index (χ1v) is 6.04. The van der Waals surface area contributed by atoms with E-state index in [0.29, 0.717) is 11.7 Å². The van der Waals surface area contributed by atoms with Crippen LogP contribution < -0.4 is 5.32 Å². The lowest BCUT2D eigenvalue weighted by molar-refractivity contribution is 0.0697. The zero-order valence-corrected chi connectivity index (χ0v) is 9.83. The molecule has 2 aromatic rings. The van der Waals surface area contributed by atoms with Crippen LogP contribution in [0.3, 0.4) is 0 Å². The van der Waals surface area contributed by atoms with Crippen molar-refractivity contribution in [3.8, 4) is 0 Å². The third kappa shape index (κ3) is 2.06. The fourth-order valence-corrected chi connectivity index (χ4v) is 2.30. The second-order valence-corrected chi connectivity index (χ2v) is 4.55. The molecular formula is C12H14N4O2. The topological polar surface area (TPSA) is 79.5 Å². The molecule has 0 amide bonds. The molecule has 1 aliphatic heterocycles. The van der Waals surface area contributed by atoms with Crippen molar-refractivity contribution in [1.29, 1.82) is 0 Å². The maximum atomic E-state index is 10.9. The van der Waals surface area contributed by atoms with Crippen LogP contribution in [0.1, 0.15) is 29.0 Å². The summed E-state index contributed by atoms with van der Waals surface area (Å²) in [6.45, 7) is 1.06. The van der Waals surface area contributed by atoms with Gasteiger partial charge in [-0.1, -0.05) is 0 Å². The van der Waals surface area contributed by atoms with Gasteiger partial charge in [-0.3, -0.25) is 0 Å². The Labute approximate surface area is 104 Å². The van der Waals surface area contributed by atoms with Gasteiger partial charge in [0.1, 0.15) is 0 Å². The minimum Gasteiger partial charge on any atom is -0.478 e. The number of nitrogens with zero attached hydrogens (tertiary/aromatic N) is 3. The summed E-state index contributed by atoms with van der Waals surface area (Å²) in [5, 5.41) is 16.7. The molecule has 3 rings (SSSR count). The number of carboxylic acid groups (broad SMARTS) is 1. The number of rotatable bonds is 3. The predicted molar refractivity (Wildman–Crippen MR) is 64.7 cm³/mol. The van der Waals surface area contributed by atoms with E-state index in [4.69, 9.17) is 5.11 Å². The molecule has 6 heteroatoms. The SMILES string of the molecule is O=C(O)c1ccn2nc(CC3CCCN3)nc2c1. The van der Waals surface area contributed by atoms with E-state index in [2.05, 4.69) is 15.4 Å². The van der Waals surface area contributed by atoms with Crippen LogP contribution in [0.25, 0.3) is 5.65 Å². The van der Waals surface area contributed by atoms with Crippen LogP contribution in [-0.4, -0.2) is 38.3 Å². The highest BCUT2D eigenvalue weighted by molar-refractivity contribution is 5.88. The Kier molecular flexibility index (Phi) is 2.71. The number of nitrogens with one attached hydrogen (secondary N) is 1. The maximum absolute atomic E-state index is 10.9. The largest absolute Gasteiger partial charge is 0.478 e. The Bertz CT molecular complexity index is 587. The summed E-state index contributed by atoms with van der Waals surface area (Å²) in [5.74, 6) is -0.184. The van der Waals surface area contributed by atoms with E-state index in [9.17, 15) is 4.79 Å². The van der Waals surface area contributed by atoms with Crippen molar-refractivity contribution in [3.05, 3.63) is 29.7 Å². The number of aromatic nitrogens is 3. The van der Waals surface area contributed by atoms with Crippen molar-refractivity contribution in [2.24, 2.45) is 0 Å². The van der Waals surface area contributed by atoms with Gasteiger partial charge >= 0.3 is 5.97 Å². The summed E-state index contributed by atoms with van der Waals surface area (Å²) in [6.07, 6.45) is 4.78. The highest BCUT2D eigenvalue weighted by atomic mass is 16.4. The number of carboxylic acids is 1. The number of hydrogen-bond donors (Lipinski definition) is 2. The monoisotopic (exact) mass is 246 g/mol. The van der Waals surface area contributed by atoms with Gasteiger partial charge < -0.3 is 10.4 Å². The maximum Gasteiger partial charge on any atom is 0.335 e. The number of hydrogen-bond acceptors (Lipinski definition) is 4. The highest BCUT2D eigenvalue weighted by Crippen LogP contribution is 2.11. The molecule has 2 N–H and O–H groups in total. The Morgan fingerprint density at radius 2 is 2.50 bits per heavy atom. The molecule has 1 atom stereocenters. The van der Waals surface area contributed by atoms with E-state index in [-0.39, 0.29) is 5.56 Å². The van der Waals surface area contributed by atoms with Crippen LogP contribution in [0, 0.1) is 0 Å². The quantitative estimate of drug-likeness (QED) is 0.834. The van der Waals surface area contributed by atoms with Crippen molar-refractivity contribution >= 4 is 11.6 Å². The fourth-order valence-electron chi connectivity index (χ4n) is 2.30. The molecule has 1 fully saturated rings. The molecule has 1 aliphatic rings. The highest BCUT2D eigenvalue weighted by Gasteiger charge is 2.17. The summed E-state index contributed by atoms with van der Waals surface area (Å²) >= 11 is 0. The van der Waals surface area contributed by atoms with Gasteiger partial charge in [0, 0.05) is 18.7 Å². The Morgan fingerprint density at radius 3 is 3.22 bits per heavy atom. The van der Waals surface area contributed by atoms with Crippen molar-refractivity contribution < 1.29 is 9.90 Å². The van der Waals surface area contributed by atoms with Crippen molar-refractivity contribution in [3.63, 3.8) is 0 Å². The fraction of sp³-hybridized carbons (Fsp3) is 0.417. The molecule has 18 heavy (non-hydrogen) atoms. The lowest BCUT2D eigenvalue weighted by atomic mass is 10.1. The molecule has 0 aliphatic carbocycles. The molecule has 0 saturated carbocycles. The van der Waals surface area contributed by atoms with E-state index >= 15 is 0 Å². The molecule has 3 heterocycles. The molecule has 1 saturated heterocycles. The summed E-state index contributed by atoms with van der Waals surface area (Å²) in [7, 11) is 0. The zero-order chi connectivity index (χ0) is 12.5. The molecule has 94 valence electrons. The first kappa shape index (κ1) is 11.2. The van der Waals surface area contributed by atoms with Gasteiger partial charge in [0.15, 0.2) is 11.5 Å². The lowest BCUT2D eigenvalue weighted by Crippen LogP contribution is -2.24. The third-order valence-electron chi connectivity index (χ3n) is 3.22. The van der Waals surface area contributed by atoms with Gasteiger partial charge in [-0.15, -0.1) is 0 Å². The zero-order valence-electron chi connectivity index (χ0n) is 9.83. The summed E-state index contributed by atoms with van der Waals surface area (Å²) < 4.78 is 1.62. The van der Waals surface area contributed by atoms with Crippen LogP contribution in [0.2, 0.25) is 0 Å². The number of carbonyl (C=O) groups is 1. The molecule has 0 spiro atoms. The standard InChI is InChI=1S/C12H14N4O2/c17-12(18)8-3-5-16-11(6-8)14-10(15-16)7-9-2-1-4-13-9/h3,5-6,9,13H,1-2,4,7H2,(H,17,18). The Balaban J connectivity index is 1.87. The molecule has 0 bridgehead atoms. The molecule has 0 radical (unpaired) electrons. The minimum absolute atomic E-state index is 0.237. The van der Waals surface area contributed by atoms with Crippen molar-refractivity contribution in [2.75, 3.05) is 6.54 Å². The normalized spacial score (nSPS) is 19.4. The molecule has 1 unspecified atom stereocenters. The predicted octanol–water partition coefficient (Wildman–Crippen LogP) is 0.722. The van der Waals surface area contributed by atoms with Gasteiger partial charge in [0.25, 0.3) is 0 Å². The Hall–Kier alpha value is -1.95. The van der Waals surface area contributed by atoms with Crippen LogP contribution in [0.15, 0.2) is 18.3 Å². The van der Waals surface area contributed by atoms with Gasteiger partial charge in [-0.05, 0) is 31.5 Å². The summed E-state index contributed by atoms with van der Waals surface area (Å²) in [5.41, 5.74) is 0.823. The average Bonchev–Trinajstić information content (AvgIpc) is 2.96. The van der Waals surface area contributed by atoms with Crippen LogP contribution in [0.4, 0.5) is 0 Å². The minimum atomic E-state index is -0.945. The summed E-state index contributed by atoms with van der Waals surface area (Å²) in [4.78, 5) is 15.2. The average molecular weight is 246 g/mol. The van der Waals surface area contributed by atoms with E-state index in [1.807, 2.05) is 0 Å². The van der Waals surface area contributed by atoms with Crippen molar-refractivity contribution in [2.45, 2.75) is 25.3 Å². The number of pyridine rings is 1. The molecular weight excluding hydrogens is 232 g/mol. The third-order valence-corrected chi connectivity index (χ3v) is 3.22. The van der Waals surface area contributed by atoms with Gasteiger partial charge in [0.2, 0.25) is 0 Å². The van der Waals surface area contributed by atoms with E-state index in [1.54, 1.807) is 16.8 Å². The van der Waals surface area contributed by atoms with Crippen LogP contribution in [0.5, 0.6) is 0 Å². The first-order chi connectivity index (χ1) is 8.72. The van der Waals surface area contributed by atoms with Crippen LogP contribution in [-0.2, 0) is 6.42 Å². The number of aromatic carboxylic acids is 1. The second-order valence-electron chi connectivity index (χ2n) is 4.55. The smallest absolute Gasteiger partial charge is 0.335 e. The van der Waals surface area contributed by atoms with Gasteiger partial charge in [-0.2, -0.15) is 5.10 Å². The summed E-state index contributed by atoms with van der Waals surface area (Å²) in [6, 6.07) is 3.52. The number of fused-ring (bicyclic) bond motifs is 1. The molecule has 6 nitrogen and oxygen atoms in total. The molecule has 2 aromatic heterocycles. The first-order valence-electron chi connectivity index (χ1n) is 6.04. The molecule has 0 aromatic carbocycles. The lowest BCUT2D eigenvalue weighted by Gasteiger charge is -2.05. The van der Waals surface area contributed by atoms with Gasteiger partial charge in [0.05, 0.1) is 5.56 Å².